The lowest BCUT2D eigenvalue weighted by Crippen LogP contribution is -2.26. The van der Waals surface area contributed by atoms with Crippen molar-refractivity contribution >= 4 is 11.9 Å². The van der Waals surface area contributed by atoms with E-state index in [4.69, 9.17) is 5.11 Å². The molecule has 5 nitrogen and oxygen atoms in total. The van der Waals surface area contributed by atoms with Crippen molar-refractivity contribution < 1.29 is 9.90 Å². The standard InChI is InChI=1S/C10H13N3O2/c1-6(9(14)15)12-10-11-5-4-8(13-10)7-2-3-7/h4-7H,2-3H2,1H3,(H,14,15)(H,11,12,13). The van der Waals surface area contributed by atoms with E-state index in [2.05, 4.69) is 15.3 Å². The first-order valence-corrected chi connectivity index (χ1v) is 4.99. The molecule has 0 aliphatic heterocycles. The summed E-state index contributed by atoms with van der Waals surface area (Å²) in [5, 5.41) is 11.5. The molecule has 1 heterocycles. The van der Waals surface area contributed by atoms with E-state index in [1.807, 2.05) is 6.07 Å². The molecular weight excluding hydrogens is 194 g/mol. The Hall–Kier alpha value is -1.65. The zero-order valence-corrected chi connectivity index (χ0v) is 8.47. The molecule has 1 aromatic heterocycles. The molecule has 1 saturated carbocycles. The molecule has 5 heteroatoms. The molecule has 0 radical (unpaired) electrons. The molecule has 1 aliphatic carbocycles. The third kappa shape index (κ3) is 2.43. The molecular formula is C10H13N3O2. The average Bonchev–Trinajstić information content (AvgIpc) is 3.01. The van der Waals surface area contributed by atoms with Gasteiger partial charge in [0.05, 0.1) is 0 Å². The van der Waals surface area contributed by atoms with Crippen molar-refractivity contribution in [1.29, 1.82) is 0 Å². The summed E-state index contributed by atoms with van der Waals surface area (Å²) < 4.78 is 0. The van der Waals surface area contributed by atoms with Gasteiger partial charge in [-0.15, -0.1) is 0 Å². The van der Waals surface area contributed by atoms with Crippen LogP contribution in [0.5, 0.6) is 0 Å². The van der Waals surface area contributed by atoms with Gasteiger partial charge < -0.3 is 10.4 Å². The molecule has 0 aromatic carbocycles. The highest BCUT2D eigenvalue weighted by Crippen LogP contribution is 2.38. The molecule has 2 N–H and O–H groups in total. The number of carboxylic acid groups (broad SMARTS) is 1. The summed E-state index contributed by atoms with van der Waals surface area (Å²) in [4.78, 5) is 18.9. The maximum atomic E-state index is 10.6. The minimum atomic E-state index is -0.907. The number of nitrogens with one attached hydrogen (secondary N) is 1. The molecule has 1 unspecified atom stereocenters. The Labute approximate surface area is 87.6 Å². The third-order valence-electron chi connectivity index (χ3n) is 2.39. The van der Waals surface area contributed by atoms with Crippen molar-refractivity contribution in [2.45, 2.75) is 31.7 Å². The van der Waals surface area contributed by atoms with Crippen LogP contribution in [0.15, 0.2) is 12.3 Å². The molecule has 1 atom stereocenters. The van der Waals surface area contributed by atoms with Crippen LogP contribution in [0.2, 0.25) is 0 Å². The highest BCUT2D eigenvalue weighted by atomic mass is 16.4. The molecule has 1 aliphatic rings. The van der Waals surface area contributed by atoms with E-state index in [-0.39, 0.29) is 0 Å². The van der Waals surface area contributed by atoms with Gasteiger partial charge in [-0.3, -0.25) is 4.79 Å². The second-order valence-electron chi connectivity index (χ2n) is 3.78. The van der Waals surface area contributed by atoms with Crippen molar-refractivity contribution in [1.82, 2.24) is 9.97 Å². The quantitative estimate of drug-likeness (QED) is 0.776. The van der Waals surface area contributed by atoms with Crippen LogP contribution in [0, 0.1) is 0 Å². The number of rotatable bonds is 4. The van der Waals surface area contributed by atoms with E-state index in [9.17, 15) is 4.79 Å². The largest absolute Gasteiger partial charge is 0.480 e. The summed E-state index contributed by atoms with van der Waals surface area (Å²) in [6.45, 7) is 1.56. The van der Waals surface area contributed by atoms with Gasteiger partial charge in [-0.2, -0.15) is 0 Å². The minimum absolute atomic E-state index is 0.398. The second kappa shape index (κ2) is 3.84. The van der Waals surface area contributed by atoms with E-state index >= 15 is 0 Å². The van der Waals surface area contributed by atoms with Crippen LogP contribution >= 0.6 is 0 Å². The van der Waals surface area contributed by atoms with Gasteiger partial charge in [-0.25, -0.2) is 9.97 Å². The number of hydrogen-bond acceptors (Lipinski definition) is 4. The topological polar surface area (TPSA) is 75.1 Å². The highest BCUT2D eigenvalue weighted by molar-refractivity contribution is 5.75. The Bertz CT molecular complexity index is 377. The Balaban J connectivity index is 2.07. The van der Waals surface area contributed by atoms with Crippen molar-refractivity contribution in [2.75, 3.05) is 5.32 Å². The van der Waals surface area contributed by atoms with E-state index < -0.39 is 12.0 Å². The smallest absolute Gasteiger partial charge is 0.325 e. The molecule has 15 heavy (non-hydrogen) atoms. The summed E-state index contributed by atoms with van der Waals surface area (Å²) in [7, 11) is 0. The van der Waals surface area contributed by atoms with Gasteiger partial charge in [0, 0.05) is 17.8 Å². The first-order chi connectivity index (χ1) is 7.16. The molecule has 0 amide bonds. The van der Waals surface area contributed by atoms with Gasteiger partial charge in [0.1, 0.15) is 6.04 Å². The zero-order valence-electron chi connectivity index (χ0n) is 8.47. The van der Waals surface area contributed by atoms with Gasteiger partial charge in [0.15, 0.2) is 0 Å². The first-order valence-electron chi connectivity index (χ1n) is 4.99. The summed E-state index contributed by atoms with van der Waals surface area (Å²) in [5.41, 5.74) is 1.00. The normalized spacial score (nSPS) is 17.1. The molecule has 0 saturated heterocycles. The molecule has 1 fully saturated rings. The fraction of sp³-hybridized carbons (Fsp3) is 0.500. The highest BCUT2D eigenvalue weighted by Gasteiger charge is 2.25. The lowest BCUT2D eigenvalue weighted by Gasteiger charge is -2.09. The predicted octanol–water partition coefficient (Wildman–Crippen LogP) is 1.24. The van der Waals surface area contributed by atoms with Crippen LogP contribution in [-0.4, -0.2) is 27.1 Å². The Kier molecular flexibility index (Phi) is 2.53. The third-order valence-corrected chi connectivity index (χ3v) is 2.39. The lowest BCUT2D eigenvalue weighted by molar-refractivity contribution is -0.137. The number of hydrogen-bond donors (Lipinski definition) is 2. The van der Waals surface area contributed by atoms with Gasteiger partial charge in [-0.1, -0.05) is 0 Å². The predicted molar refractivity (Wildman–Crippen MR) is 54.7 cm³/mol. The maximum absolute atomic E-state index is 10.6. The number of aliphatic carboxylic acids is 1. The van der Waals surface area contributed by atoms with Crippen molar-refractivity contribution in [3.8, 4) is 0 Å². The number of aromatic nitrogens is 2. The monoisotopic (exact) mass is 207 g/mol. The first kappa shape index (κ1) is 9.89. The Morgan fingerprint density at radius 1 is 1.67 bits per heavy atom. The van der Waals surface area contributed by atoms with Crippen LogP contribution in [0.1, 0.15) is 31.4 Å². The van der Waals surface area contributed by atoms with E-state index in [0.29, 0.717) is 11.9 Å². The van der Waals surface area contributed by atoms with Crippen LogP contribution in [0.4, 0.5) is 5.95 Å². The Morgan fingerprint density at radius 2 is 2.40 bits per heavy atom. The van der Waals surface area contributed by atoms with Crippen LogP contribution < -0.4 is 5.32 Å². The fourth-order valence-corrected chi connectivity index (χ4v) is 1.30. The van der Waals surface area contributed by atoms with Gasteiger partial charge in [0.2, 0.25) is 5.95 Å². The van der Waals surface area contributed by atoms with Crippen molar-refractivity contribution in [3.63, 3.8) is 0 Å². The Morgan fingerprint density at radius 3 is 3.00 bits per heavy atom. The lowest BCUT2D eigenvalue weighted by atomic mass is 10.3. The summed E-state index contributed by atoms with van der Waals surface area (Å²) in [5.74, 6) is 0.0402. The SMILES string of the molecule is CC(Nc1nccc(C2CC2)n1)C(=O)O. The molecule has 80 valence electrons. The summed E-state index contributed by atoms with van der Waals surface area (Å²) in [6, 6.07) is 1.22. The van der Waals surface area contributed by atoms with Gasteiger partial charge in [0.25, 0.3) is 0 Å². The zero-order chi connectivity index (χ0) is 10.8. The number of carbonyl (C=O) groups is 1. The average molecular weight is 207 g/mol. The van der Waals surface area contributed by atoms with Crippen LogP contribution in [0.25, 0.3) is 0 Å². The summed E-state index contributed by atoms with van der Waals surface area (Å²) in [6.07, 6.45) is 4.01. The molecule has 2 rings (SSSR count). The van der Waals surface area contributed by atoms with E-state index in [1.165, 1.54) is 12.8 Å². The second-order valence-corrected chi connectivity index (χ2v) is 3.78. The molecule has 0 spiro atoms. The van der Waals surface area contributed by atoms with Crippen LogP contribution in [0.3, 0.4) is 0 Å². The van der Waals surface area contributed by atoms with Crippen molar-refractivity contribution in [3.05, 3.63) is 18.0 Å². The molecule has 0 bridgehead atoms. The van der Waals surface area contributed by atoms with Crippen molar-refractivity contribution in [2.24, 2.45) is 0 Å². The molecule has 1 aromatic rings. The number of nitrogens with zero attached hydrogens (tertiary/aromatic N) is 2. The fourth-order valence-electron chi connectivity index (χ4n) is 1.30. The van der Waals surface area contributed by atoms with E-state index in [0.717, 1.165) is 5.69 Å². The van der Waals surface area contributed by atoms with Gasteiger partial charge in [-0.05, 0) is 25.8 Å². The summed E-state index contributed by atoms with van der Waals surface area (Å²) >= 11 is 0. The minimum Gasteiger partial charge on any atom is -0.480 e. The van der Waals surface area contributed by atoms with Gasteiger partial charge >= 0.3 is 5.97 Å². The number of anilines is 1. The number of carboxylic acids is 1. The van der Waals surface area contributed by atoms with Crippen LogP contribution in [-0.2, 0) is 4.79 Å². The maximum Gasteiger partial charge on any atom is 0.325 e. The van der Waals surface area contributed by atoms with E-state index in [1.54, 1.807) is 13.1 Å².